The summed E-state index contributed by atoms with van der Waals surface area (Å²) >= 11 is 1.55. The van der Waals surface area contributed by atoms with Gasteiger partial charge in [-0.15, -0.1) is 11.3 Å². The number of benzene rings is 2. The highest BCUT2D eigenvalue weighted by atomic mass is 32.1. The first-order valence-corrected chi connectivity index (χ1v) is 11.3. The topological polar surface area (TPSA) is 54.3 Å². The first kappa shape index (κ1) is 20.5. The molecule has 0 saturated carbocycles. The molecule has 32 heavy (non-hydrogen) atoms. The molecule has 1 unspecified atom stereocenters. The molecule has 0 saturated heterocycles. The van der Waals surface area contributed by atoms with Gasteiger partial charge < -0.3 is 14.8 Å². The Morgan fingerprint density at radius 1 is 1.09 bits per heavy atom. The summed E-state index contributed by atoms with van der Waals surface area (Å²) in [5, 5.41) is 5.97. The number of rotatable bonds is 5. The zero-order chi connectivity index (χ0) is 22.3. The van der Waals surface area contributed by atoms with Gasteiger partial charge in [0.05, 0.1) is 6.54 Å². The number of fused-ring (bicyclic) bond motifs is 3. The van der Waals surface area contributed by atoms with Crippen molar-refractivity contribution < 1.29 is 14.0 Å². The van der Waals surface area contributed by atoms with E-state index in [1.807, 2.05) is 52.4 Å². The Balaban J connectivity index is 1.52. The maximum atomic E-state index is 13.8. The van der Waals surface area contributed by atoms with E-state index in [1.165, 1.54) is 12.1 Å². The van der Waals surface area contributed by atoms with E-state index in [4.69, 9.17) is 0 Å². The smallest absolute Gasteiger partial charge is 0.271 e. The van der Waals surface area contributed by atoms with Crippen molar-refractivity contribution in [3.63, 3.8) is 0 Å². The van der Waals surface area contributed by atoms with Crippen molar-refractivity contribution in [3.8, 4) is 0 Å². The molecular formula is C25H22FN3O2S. The van der Waals surface area contributed by atoms with E-state index in [0.29, 0.717) is 24.3 Å². The number of carbonyl (C=O) groups excluding carboxylic acids is 2. The molecule has 5 rings (SSSR count). The molecule has 0 fully saturated rings. The molecule has 5 nitrogen and oxygen atoms in total. The Morgan fingerprint density at radius 3 is 2.66 bits per heavy atom. The third-order valence-corrected chi connectivity index (χ3v) is 6.99. The number of aromatic nitrogens is 1. The van der Waals surface area contributed by atoms with Crippen molar-refractivity contribution in [1.29, 1.82) is 0 Å². The van der Waals surface area contributed by atoms with Crippen LogP contribution in [0.15, 0.2) is 72.1 Å². The van der Waals surface area contributed by atoms with Crippen LogP contribution in [-0.4, -0.2) is 26.8 Å². The van der Waals surface area contributed by atoms with Crippen LogP contribution in [0.1, 0.15) is 28.5 Å². The Hall–Kier alpha value is -3.45. The number of thiophene rings is 1. The van der Waals surface area contributed by atoms with E-state index >= 15 is 0 Å². The molecule has 7 heteroatoms. The zero-order valence-electron chi connectivity index (χ0n) is 17.5. The molecule has 0 aliphatic carbocycles. The predicted molar refractivity (Wildman–Crippen MR) is 123 cm³/mol. The normalized spacial score (nSPS) is 18.1. The third kappa shape index (κ3) is 3.48. The average molecular weight is 448 g/mol. The van der Waals surface area contributed by atoms with Crippen molar-refractivity contribution in [2.75, 3.05) is 0 Å². The molecule has 0 radical (unpaired) electrons. The lowest BCUT2D eigenvalue weighted by Crippen LogP contribution is -2.63. The second kappa shape index (κ2) is 7.91. The Bertz CT molecular complexity index is 1310. The maximum Gasteiger partial charge on any atom is 0.271 e. The van der Waals surface area contributed by atoms with Gasteiger partial charge in [0.2, 0.25) is 5.91 Å². The molecule has 0 spiro atoms. The number of nitrogens with one attached hydrogen (secondary N) is 1. The minimum absolute atomic E-state index is 0.144. The fraction of sp³-hybridized carbons (Fsp3) is 0.200. The fourth-order valence-electron chi connectivity index (χ4n) is 4.29. The van der Waals surface area contributed by atoms with Gasteiger partial charge in [0.25, 0.3) is 5.91 Å². The highest BCUT2D eigenvalue weighted by Crippen LogP contribution is 2.35. The standard InChI is InChI=1S/C25H22FN3O2S/c1-25(24(31)27-14-17-6-3-2-4-7-17)16-28-21(13-19-10-11-32-23(19)28)22(30)29(25)15-18-8-5-9-20(26)12-18/h2-13H,14-16H2,1H3,(H,27,31). The minimum atomic E-state index is -1.14. The van der Waals surface area contributed by atoms with Crippen LogP contribution >= 0.6 is 11.3 Å². The first-order valence-electron chi connectivity index (χ1n) is 10.4. The Morgan fingerprint density at radius 2 is 1.88 bits per heavy atom. The van der Waals surface area contributed by atoms with Gasteiger partial charge in [0, 0.05) is 18.5 Å². The predicted octanol–water partition coefficient (Wildman–Crippen LogP) is 4.57. The van der Waals surface area contributed by atoms with Crippen LogP contribution in [0.2, 0.25) is 0 Å². The summed E-state index contributed by atoms with van der Waals surface area (Å²) in [6.45, 7) is 2.62. The van der Waals surface area contributed by atoms with Crippen LogP contribution in [0.4, 0.5) is 4.39 Å². The van der Waals surface area contributed by atoms with Gasteiger partial charge in [-0.2, -0.15) is 0 Å². The number of hydrogen-bond donors (Lipinski definition) is 1. The maximum absolute atomic E-state index is 13.8. The number of hydrogen-bond acceptors (Lipinski definition) is 3. The lowest BCUT2D eigenvalue weighted by Gasteiger charge is -2.44. The van der Waals surface area contributed by atoms with Crippen LogP contribution in [0, 0.1) is 5.82 Å². The van der Waals surface area contributed by atoms with Gasteiger partial charge in [0.15, 0.2) is 0 Å². The molecule has 3 heterocycles. The van der Waals surface area contributed by atoms with Crippen molar-refractivity contribution in [1.82, 2.24) is 14.8 Å². The molecule has 1 aliphatic heterocycles. The zero-order valence-corrected chi connectivity index (χ0v) is 18.4. The second-order valence-electron chi connectivity index (χ2n) is 8.26. The SMILES string of the molecule is CC1(C(=O)NCc2ccccc2)Cn2c(cc3ccsc32)C(=O)N1Cc1cccc(F)c1. The minimum Gasteiger partial charge on any atom is -0.350 e. The summed E-state index contributed by atoms with van der Waals surface area (Å²) in [4.78, 5) is 29.7. The van der Waals surface area contributed by atoms with Crippen LogP contribution in [0.3, 0.4) is 0 Å². The molecule has 1 aliphatic rings. The lowest BCUT2D eigenvalue weighted by atomic mass is 9.93. The molecule has 0 bridgehead atoms. The van der Waals surface area contributed by atoms with Crippen LogP contribution in [0.5, 0.6) is 0 Å². The van der Waals surface area contributed by atoms with E-state index in [2.05, 4.69) is 5.32 Å². The van der Waals surface area contributed by atoms with Crippen LogP contribution < -0.4 is 5.32 Å². The molecule has 4 aromatic rings. The second-order valence-corrected chi connectivity index (χ2v) is 9.15. The molecule has 2 aromatic heterocycles. The largest absolute Gasteiger partial charge is 0.350 e. The molecule has 2 aromatic carbocycles. The number of nitrogens with zero attached hydrogens (tertiary/aromatic N) is 2. The number of halogens is 1. The third-order valence-electron chi connectivity index (χ3n) is 6.04. The molecule has 2 amide bonds. The van der Waals surface area contributed by atoms with Crippen molar-refractivity contribution in [2.24, 2.45) is 0 Å². The van der Waals surface area contributed by atoms with Gasteiger partial charge in [-0.1, -0.05) is 42.5 Å². The van der Waals surface area contributed by atoms with Gasteiger partial charge >= 0.3 is 0 Å². The van der Waals surface area contributed by atoms with Crippen LogP contribution in [0.25, 0.3) is 10.2 Å². The van der Waals surface area contributed by atoms with Crippen LogP contribution in [-0.2, 0) is 24.4 Å². The fourth-order valence-corrected chi connectivity index (χ4v) is 5.19. The van der Waals surface area contributed by atoms with E-state index in [-0.39, 0.29) is 24.2 Å². The van der Waals surface area contributed by atoms with Gasteiger partial charge in [0.1, 0.15) is 21.9 Å². The summed E-state index contributed by atoms with van der Waals surface area (Å²) in [6, 6.07) is 19.6. The van der Waals surface area contributed by atoms with Gasteiger partial charge in [-0.05, 0) is 47.7 Å². The van der Waals surface area contributed by atoms with E-state index in [9.17, 15) is 14.0 Å². The molecule has 162 valence electrons. The number of carbonyl (C=O) groups is 2. The Labute approximate surface area is 189 Å². The molecular weight excluding hydrogens is 425 g/mol. The van der Waals surface area contributed by atoms with E-state index in [1.54, 1.807) is 35.3 Å². The molecule has 1 atom stereocenters. The highest BCUT2D eigenvalue weighted by Gasteiger charge is 2.47. The number of amides is 2. The summed E-state index contributed by atoms with van der Waals surface area (Å²) < 4.78 is 15.8. The Kier molecular flexibility index (Phi) is 5.06. The van der Waals surface area contributed by atoms with E-state index < -0.39 is 5.54 Å². The highest BCUT2D eigenvalue weighted by molar-refractivity contribution is 7.16. The van der Waals surface area contributed by atoms with Crippen molar-refractivity contribution >= 4 is 33.4 Å². The lowest BCUT2D eigenvalue weighted by molar-refractivity contribution is -0.133. The van der Waals surface area contributed by atoms with E-state index in [0.717, 1.165) is 15.8 Å². The summed E-state index contributed by atoms with van der Waals surface area (Å²) in [7, 11) is 0. The summed E-state index contributed by atoms with van der Waals surface area (Å²) in [6.07, 6.45) is 0. The summed E-state index contributed by atoms with van der Waals surface area (Å²) in [5.74, 6) is -0.845. The van der Waals surface area contributed by atoms with Crippen molar-refractivity contribution in [2.45, 2.75) is 32.1 Å². The average Bonchev–Trinajstić information content (AvgIpc) is 3.38. The first-order chi connectivity index (χ1) is 15.5. The monoisotopic (exact) mass is 447 g/mol. The molecule has 1 N–H and O–H groups in total. The summed E-state index contributed by atoms with van der Waals surface area (Å²) in [5.41, 5.74) is 1.03. The quantitative estimate of drug-likeness (QED) is 0.487. The van der Waals surface area contributed by atoms with Crippen molar-refractivity contribution in [3.05, 3.63) is 94.7 Å². The van der Waals surface area contributed by atoms with Gasteiger partial charge in [-0.3, -0.25) is 9.59 Å². The van der Waals surface area contributed by atoms with Gasteiger partial charge in [-0.25, -0.2) is 4.39 Å².